The third-order valence-corrected chi connectivity index (χ3v) is 4.23. The Kier molecular flexibility index (Phi) is 4.31. The highest BCUT2D eigenvalue weighted by Crippen LogP contribution is 2.36. The molecule has 0 amide bonds. The fourth-order valence-electron chi connectivity index (χ4n) is 2.75. The maximum Gasteiger partial charge on any atom is 0.417 e. The fraction of sp³-hybridized carbons (Fsp3) is 0.118. The van der Waals surface area contributed by atoms with Crippen LogP contribution in [0.25, 0.3) is 10.9 Å². The minimum absolute atomic E-state index is 0.0690. The summed E-state index contributed by atoms with van der Waals surface area (Å²) in [5.41, 5.74) is -1.45. The van der Waals surface area contributed by atoms with Crippen molar-refractivity contribution in [2.24, 2.45) is 0 Å². The van der Waals surface area contributed by atoms with Crippen molar-refractivity contribution in [1.29, 1.82) is 0 Å². The molecular weight excluding hydrogens is 378 g/mol. The van der Waals surface area contributed by atoms with E-state index in [0.717, 1.165) is 18.2 Å². The van der Waals surface area contributed by atoms with Crippen LogP contribution in [0.2, 0.25) is 5.02 Å². The highest BCUT2D eigenvalue weighted by molar-refractivity contribution is 6.31. The Morgan fingerprint density at radius 2 is 1.92 bits per heavy atom. The Hall–Kier alpha value is -2.74. The number of halogens is 5. The minimum atomic E-state index is -4.70. The standard InChI is InChI=1S/C17H10ClF4NO3/c18-10-2-1-7(6-9(10)17(20,21)22)5-8-13-11(23-15(8)16(25)26)3-4-12(24)14(13)19/h1-4,6,23-24H,5H2,(H,25,26)/p-1. The third kappa shape index (κ3) is 3.08. The average molecular weight is 387 g/mol. The number of hydrogen-bond acceptors (Lipinski definition) is 2. The molecule has 0 aliphatic rings. The van der Waals surface area contributed by atoms with E-state index in [4.69, 9.17) is 11.6 Å². The molecule has 136 valence electrons. The molecule has 3 aromatic rings. The molecule has 4 nitrogen and oxygen atoms in total. The maximum absolute atomic E-state index is 14.2. The molecule has 0 bridgehead atoms. The maximum atomic E-state index is 14.2. The van der Waals surface area contributed by atoms with E-state index in [9.17, 15) is 32.6 Å². The zero-order chi connectivity index (χ0) is 19.2. The van der Waals surface area contributed by atoms with Crippen molar-refractivity contribution in [2.75, 3.05) is 0 Å². The quantitative estimate of drug-likeness (QED) is 0.657. The number of aromatic amines is 1. The van der Waals surface area contributed by atoms with Gasteiger partial charge in [-0.25, -0.2) is 9.18 Å². The van der Waals surface area contributed by atoms with Crippen molar-refractivity contribution in [3.63, 3.8) is 0 Å². The molecule has 0 aliphatic carbocycles. The summed E-state index contributed by atoms with van der Waals surface area (Å²) >= 11 is 5.56. The van der Waals surface area contributed by atoms with Crippen LogP contribution in [0.3, 0.4) is 0 Å². The summed E-state index contributed by atoms with van der Waals surface area (Å²) in [6, 6.07) is 5.24. The Labute approximate surface area is 148 Å². The van der Waals surface area contributed by atoms with Gasteiger partial charge in [0.2, 0.25) is 0 Å². The predicted molar refractivity (Wildman–Crippen MR) is 83.9 cm³/mol. The lowest BCUT2D eigenvalue weighted by atomic mass is 9.99. The molecule has 0 fully saturated rings. The minimum Gasteiger partial charge on any atom is -0.870 e. The first kappa shape index (κ1) is 18.1. The van der Waals surface area contributed by atoms with Crippen LogP contribution in [0.1, 0.15) is 27.2 Å². The highest BCUT2D eigenvalue weighted by Gasteiger charge is 2.33. The van der Waals surface area contributed by atoms with Gasteiger partial charge in [0, 0.05) is 17.3 Å². The fourth-order valence-corrected chi connectivity index (χ4v) is 2.98. The Bertz CT molecular complexity index is 1030. The molecule has 0 saturated carbocycles. The number of nitrogens with one attached hydrogen (secondary N) is 1. The van der Waals surface area contributed by atoms with Crippen LogP contribution < -0.4 is 5.11 Å². The molecule has 0 unspecified atom stereocenters. The van der Waals surface area contributed by atoms with Gasteiger partial charge in [0.15, 0.2) is 0 Å². The van der Waals surface area contributed by atoms with Crippen molar-refractivity contribution in [3.8, 4) is 5.75 Å². The van der Waals surface area contributed by atoms with Crippen molar-refractivity contribution < 1.29 is 32.6 Å². The van der Waals surface area contributed by atoms with Gasteiger partial charge >= 0.3 is 12.1 Å². The van der Waals surface area contributed by atoms with Gasteiger partial charge in [-0.05, 0) is 29.3 Å². The van der Waals surface area contributed by atoms with E-state index in [2.05, 4.69) is 4.98 Å². The number of aromatic carboxylic acids is 1. The van der Waals surface area contributed by atoms with Gasteiger partial charge in [0.25, 0.3) is 0 Å². The normalized spacial score (nSPS) is 11.9. The highest BCUT2D eigenvalue weighted by atomic mass is 35.5. The molecule has 0 radical (unpaired) electrons. The monoisotopic (exact) mass is 386 g/mol. The Morgan fingerprint density at radius 3 is 2.54 bits per heavy atom. The molecule has 1 heterocycles. The zero-order valence-electron chi connectivity index (χ0n) is 12.7. The van der Waals surface area contributed by atoms with Crippen LogP contribution in [0.4, 0.5) is 17.6 Å². The van der Waals surface area contributed by atoms with E-state index in [0.29, 0.717) is 0 Å². The van der Waals surface area contributed by atoms with Gasteiger partial charge in [-0.2, -0.15) is 13.2 Å². The van der Waals surface area contributed by atoms with E-state index in [1.165, 1.54) is 12.1 Å². The van der Waals surface area contributed by atoms with Gasteiger partial charge < -0.3 is 15.2 Å². The summed E-state index contributed by atoms with van der Waals surface area (Å²) in [6.45, 7) is 0. The number of benzene rings is 2. The van der Waals surface area contributed by atoms with Crippen molar-refractivity contribution in [2.45, 2.75) is 12.6 Å². The van der Waals surface area contributed by atoms with Crippen LogP contribution in [-0.2, 0) is 12.6 Å². The second-order valence-corrected chi connectivity index (χ2v) is 5.98. The van der Waals surface area contributed by atoms with Gasteiger partial charge in [0.1, 0.15) is 11.5 Å². The number of hydrogen-bond donors (Lipinski definition) is 2. The molecule has 26 heavy (non-hydrogen) atoms. The number of alkyl halides is 3. The summed E-state index contributed by atoms with van der Waals surface area (Å²) in [5.74, 6) is -3.53. The van der Waals surface area contributed by atoms with Crippen LogP contribution in [0.15, 0.2) is 30.3 Å². The molecule has 0 atom stereocenters. The number of aromatic nitrogens is 1. The molecular formula is C17H9ClF4NO3-. The van der Waals surface area contributed by atoms with Gasteiger partial charge in [-0.15, -0.1) is 0 Å². The van der Waals surface area contributed by atoms with E-state index in [-0.39, 0.29) is 28.5 Å². The lowest BCUT2D eigenvalue weighted by Gasteiger charge is -2.12. The molecule has 3 rings (SSSR count). The van der Waals surface area contributed by atoms with Crippen LogP contribution in [0, 0.1) is 5.82 Å². The Balaban J connectivity index is 2.19. The number of fused-ring (bicyclic) bond motifs is 1. The summed E-state index contributed by atoms with van der Waals surface area (Å²) in [6.07, 6.45) is -5.03. The van der Waals surface area contributed by atoms with Gasteiger partial charge in [0.05, 0.1) is 10.6 Å². The van der Waals surface area contributed by atoms with Crippen molar-refractivity contribution >= 4 is 28.5 Å². The second kappa shape index (κ2) is 6.21. The molecule has 9 heteroatoms. The first-order chi connectivity index (χ1) is 12.1. The zero-order valence-corrected chi connectivity index (χ0v) is 13.5. The van der Waals surface area contributed by atoms with Crippen molar-refractivity contribution in [3.05, 3.63) is 63.6 Å². The molecule has 2 N–H and O–H groups in total. The smallest absolute Gasteiger partial charge is 0.417 e. The SMILES string of the molecule is O=C(O)c1[nH]c2ccc([O-])c(F)c2c1Cc1ccc(Cl)c(C(F)(F)F)c1. The van der Waals surface area contributed by atoms with E-state index in [1.807, 2.05) is 0 Å². The number of rotatable bonds is 3. The summed E-state index contributed by atoms with van der Waals surface area (Å²) in [7, 11) is 0. The topological polar surface area (TPSA) is 76.1 Å². The lowest BCUT2D eigenvalue weighted by Crippen LogP contribution is -2.07. The Morgan fingerprint density at radius 1 is 1.23 bits per heavy atom. The van der Waals surface area contributed by atoms with Gasteiger partial charge in [-0.3, -0.25) is 0 Å². The van der Waals surface area contributed by atoms with E-state index in [1.54, 1.807) is 0 Å². The van der Waals surface area contributed by atoms with Crippen LogP contribution in [-0.4, -0.2) is 16.1 Å². The number of carbonyl (C=O) groups is 1. The largest absolute Gasteiger partial charge is 0.870 e. The lowest BCUT2D eigenvalue weighted by molar-refractivity contribution is -0.272. The van der Waals surface area contributed by atoms with Crippen LogP contribution in [0.5, 0.6) is 5.75 Å². The molecule has 0 spiro atoms. The average Bonchev–Trinajstić information content (AvgIpc) is 2.91. The molecule has 1 aromatic heterocycles. The first-order valence-corrected chi connectivity index (χ1v) is 7.56. The summed E-state index contributed by atoms with van der Waals surface area (Å²) < 4.78 is 53.2. The van der Waals surface area contributed by atoms with E-state index < -0.39 is 40.0 Å². The summed E-state index contributed by atoms with van der Waals surface area (Å²) in [4.78, 5) is 13.9. The predicted octanol–water partition coefficient (Wildman–Crippen LogP) is 4.34. The molecule has 2 aromatic carbocycles. The molecule has 0 saturated heterocycles. The second-order valence-electron chi connectivity index (χ2n) is 5.57. The number of H-pyrrole nitrogens is 1. The van der Waals surface area contributed by atoms with Gasteiger partial charge in [-0.1, -0.05) is 29.5 Å². The number of carboxylic acid groups (broad SMARTS) is 1. The van der Waals surface area contributed by atoms with E-state index >= 15 is 0 Å². The third-order valence-electron chi connectivity index (χ3n) is 3.90. The summed E-state index contributed by atoms with van der Waals surface area (Å²) in [5, 5.41) is 20.1. The van der Waals surface area contributed by atoms with Crippen LogP contribution >= 0.6 is 11.6 Å². The molecule has 0 aliphatic heterocycles. The first-order valence-electron chi connectivity index (χ1n) is 7.18. The number of carboxylic acids is 1. The van der Waals surface area contributed by atoms with Crippen molar-refractivity contribution in [1.82, 2.24) is 4.98 Å².